The Morgan fingerprint density at radius 1 is 1.06 bits per heavy atom. The summed E-state index contributed by atoms with van der Waals surface area (Å²) in [5, 5.41) is 0. The number of fused-ring (bicyclic) bond motifs is 1. The first-order valence-electron chi connectivity index (χ1n) is 11.8. The smallest absolute Gasteiger partial charge is 0.110 e. The van der Waals surface area contributed by atoms with Crippen LogP contribution in [-0.2, 0) is 0 Å². The molecule has 0 bridgehead atoms. The van der Waals surface area contributed by atoms with Crippen molar-refractivity contribution < 1.29 is 0 Å². The van der Waals surface area contributed by atoms with Gasteiger partial charge in [-0.2, -0.15) is 0 Å². The van der Waals surface area contributed by atoms with Gasteiger partial charge in [0.25, 0.3) is 0 Å². The molecule has 4 heteroatoms. The van der Waals surface area contributed by atoms with E-state index in [1.807, 2.05) is 26.1 Å². The Hall–Kier alpha value is -3.14. The van der Waals surface area contributed by atoms with E-state index in [0.29, 0.717) is 5.92 Å². The Labute approximate surface area is 191 Å². The van der Waals surface area contributed by atoms with Crippen molar-refractivity contribution in [2.75, 3.05) is 22.9 Å². The van der Waals surface area contributed by atoms with E-state index < -0.39 is 0 Å². The van der Waals surface area contributed by atoms with Crippen LogP contribution in [0.15, 0.2) is 93.9 Å². The van der Waals surface area contributed by atoms with Crippen LogP contribution in [-0.4, -0.2) is 25.1 Å². The highest BCUT2D eigenvalue weighted by Crippen LogP contribution is 2.35. The van der Waals surface area contributed by atoms with Gasteiger partial charge >= 0.3 is 0 Å². The molecular weight excluding hydrogens is 392 g/mol. The van der Waals surface area contributed by atoms with Gasteiger partial charge in [-0.15, -0.1) is 0 Å². The zero-order valence-electron chi connectivity index (χ0n) is 19.2. The predicted octanol–water partition coefficient (Wildman–Crippen LogP) is 6.42. The number of piperidine rings is 1. The molecule has 1 fully saturated rings. The molecule has 1 aromatic carbocycles. The van der Waals surface area contributed by atoms with Crippen LogP contribution in [0.1, 0.15) is 39.5 Å². The second-order valence-electron chi connectivity index (χ2n) is 9.24. The minimum Gasteiger partial charge on any atom is -0.372 e. The molecular formula is C28H32N4. The largest absolute Gasteiger partial charge is 0.372 e. The number of dihydropyridines is 1. The molecule has 1 unspecified atom stereocenters. The SMILES string of the molecule is C=C1C=C(C)N=C(C)N1c1ccc(N2CCC(CC3=C4N=CC=CC4CC=C3)CC2)cc1. The molecule has 32 heavy (non-hydrogen) atoms. The summed E-state index contributed by atoms with van der Waals surface area (Å²) in [6.45, 7) is 10.5. The molecule has 1 aromatic rings. The van der Waals surface area contributed by atoms with Gasteiger partial charge in [0.05, 0.1) is 5.70 Å². The second kappa shape index (κ2) is 8.78. The minimum atomic E-state index is 0.489. The van der Waals surface area contributed by atoms with Crippen LogP contribution in [0.25, 0.3) is 0 Å². The van der Waals surface area contributed by atoms with E-state index >= 15 is 0 Å². The van der Waals surface area contributed by atoms with Gasteiger partial charge in [-0.1, -0.05) is 24.8 Å². The summed E-state index contributed by atoms with van der Waals surface area (Å²) in [6.07, 6.45) is 17.7. The number of nitrogens with zero attached hydrogens (tertiary/aromatic N) is 4. The molecule has 0 aromatic heterocycles. The monoisotopic (exact) mass is 424 g/mol. The van der Waals surface area contributed by atoms with Crippen LogP contribution in [0.4, 0.5) is 11.4 Å². The summed E-state index contributed by atoms with van der Waals surface area (Å²) in [5.41, 5.74) is 7.15. The molecule has 0 amide bonds. The quantitative estimate of drug-likeness (QED) is 0.558. The number of aliphatic imine (C=N–C) groups is 2. The molecule has 4 nitrogen and oxygen atoms in total. The normalized spacial score (nSPS) is 23.4. The standard InChI is InChI=1S/C28H32N4/c1-20-18-21(2)32(22(3)30-20)27-11-9-26(10-12-27)31-16-13-23(14-17-31)19-25-7-4-6-24-8-5-15-29-28(24)25/h4-5,7-12,15,18,23-24H,2,6,13-14,16-17,19H2,1,3H3. The number of allylic oxidation sites excluding steroid dienone is 7. The molecule has 1 saturated heterocycles. The predicted molar refractivity (Wildman–Crippen MR) is 136 cm³/mol. The maximum absolute atomic E-state index is 4.71. The number of benzene rings is 1. The highest BCUT2D eigenvalue weighted by molar-refractivity contribution is 6.01. The Morgan fingerprint density at radius 3 is 2.56 bits per heavy atom. The van der Waals surface area contributed by atoms with Crippen LogP contribution < -0.4 is 9.80 Å². The summed E-state index contributed by atoms with van der Waals surface area (Å²) in [7, 11) is 0. The lowest BCUT2D eigenvalue weighted by molar-refractivity contribution is 0.402. The Kier molecular flexibility index (Phi) is 5.69. The first-order chi connectivity index (χ1) is 15.6. The maximum atomic E-state index is 4.71. The molecule has 0 spiro atoms. The molecule has 3 aliphatic heterocycles. The van der Waals surface area contributed by atoms with E-state index in [1.165, 1.54) is 29.8 Å². The average Bonchev–Trinajstić information content (AvgIpc) is 2.80. The van der Waals surface area contributed by atoms with Crippen LogP contribution in [0.5, 0.6) is 0 Å². The van der Waals surface area contributed by atoms with Crippen molar-refractivity contribution >= 4 is 23.4 Å². The Balaban J connectivity index is 1.21. The van der Waals surface area contributed by atoms with Crippen LogP contribution in [0.3, 0.4) is 0 Å². The highest BCUT2D eigenvalue weighted by Gasteiger charge is 2.25. The molecule has 0 N–H and O–H groups in total. The lowest BCUT2D eigenvalue weighted by atomic mass is 9.83. The van der Waals surface area contributed by atoms with Gasteiger partial charge in [0.2, 0.25) is 0 Å². The van der Waals surface area contributed by atoms with Gasteiger partial charge in [-0.05, 0) is 87.4 Å². The van der Waals surface area contributed by atoms with Crippen LogP contribution in [0, 0.1) is 11.8 Å². The number of hydrogen-bond donors (Lipinski definition) is 0. The van der Waals surface area contributed by atoms with E-state index in [9.17, 15) is 0 Å². The van der Waals surface area contributed by atoms with Gasteiger partial charge in [-0.3, -0.25) is 9.89 Å². The summed E-state index contributed by atoms with van der Waals surface area (Å²) in [5.74, 6) is 2.20. The first-order valence-corrected chi connectivity index (χ1v) is 11.8. The van der Waals surface area contributed by atoms with Gasteiger partial charge < -0.3 is 4.90 Å². The van der Waals surface area contributed by atoms with Crippen LogP contribution >= 0.6 is 0 Å². The molecule has 164 valence electrons. The van der Waals surface area contributed by atoms with Crippen molar-refractivity contribution in [2.45, 2.75) is 39.5 Å². The van der Waals surface area contributed by atoms with Gasteiger partial charge in [-0.25, -0.2) is 4.99 Å². The third kappa shape index (κ3) is 4.14. The number of rotatable bonds is 4. The summed E-state index contributed by atoms with van der Waals surface area (Å²) in [4.78, 5) is 13.9. The fraction of sp³-hybridized carbons (Fsp3) is 0.357. The van der Waals surface area contributed by atoms with Gasteiger partial charge in [0, 0.05) is 48.0 Å². The van der Waals surface area contributed by atoms with E-state index in [1.54, 1.807) is 0 Å². The molecule has 0 saturated carbocycles. The molecule has 0 radical (unpaired) electrons. The van der Waals surface area contributed by atoms with Crippen molar-refractivity contribution in [3.63, 3.8) is 0 Å². The van der Waals surface area contributed by atoms with Crippen molar-refractivity contribution in [2.24, 2.45) is 21.8 Å². The van der Waals surface area contributed by atoms with Gasteiger partial charge in [0.15, 0.2) is 0 Å². The van der Waals surface area contributed by atoms with Crippen molar-refractivity contribution in [3.05, 3.63) is 83.9 Å². The van der Waals surface area contributed by atoms with Gasteiger partial charge in [0.1, 0.15) is 5.84 Å². The molecule has 4 aliphatic rings. The molecule has 1 aliphatic carbocycles. The maximum Gasteiger partial charge on any atom is 0.110 e. The number of hydrogen-bond acceptors (Lipinski definition) is 4. The van der Waals surface area contributed by atoms with E-state index in [0.717, 1.165) is 54.8 Å². The zero-order valence-corrected chi connectivity index (χ0v) is 19.2. The first kappa shape index (κ1) is 20.7. The zero-order chi connectivity index (χ0) is 22.1. The highest BCUT2D eigenvalue weighted by atomic mass is 15.2. The fourth-order valence-electron chi connectivity index (χ4n) is 5.34. The molecule has 5 rings (SSSR count). The summed E-state index contributed by atoms with van der Waals surface area (Å²) >= 11 is 0. The summed E-state index contributed by atoms with van der Waals surface area (Å²) < 4.78 is 0. The Bertz CT molecular complexity index is 1070. The lowest BCUT2D eigenvalue weighted by Gasteiger charge is -2.35. The van der Waals surface area contributed by atoms with E-state index in [-0.39, 0.29) is 0 Å². The number of amidine groups is 1. The van der Waals surface area contributed by atoms with Crippen molar-refractivity contribution in [1.29, 1.82) is 0 Å². The van der Waals surface area contributed by atoms with Crippen molar-refractivity contribution in [1.82, 2.24) is 0 Å². The lowest BCUT2D eigenvalue weighted by Crippen LogP contribution is -2.34. The average molecular weight is 425 g/mol. The Morgan fingerprint density at radius 2 is 1.81 bits per heavy atom. The van der Waals surface area contributed by atoms with Crippen LogP contribution in [0.2, 0.25) is 0 Å². The second-order valence-corrected chi connectivity index (χ2v) is 9.24. The van der Waals surface area contributed by atoms with E-state index in [2.05, 4.69) is 69.9 Å². The molecule has 3 heterocycles. The summed E-state index contributed by atoms with van der Waals surface area (Å²) in [6, 6.07) is 8.86. The van der Waals surface area contributed by atoms with Crippen molar-refractivity contribution in [3.8, 4) is 0 Å². The van der Waals surface area contributed by atoms with E-state index in [4.69, 9.17) is 4.99 Å². The minimum absolute atomic E-state index is 0.489. The third-order valence-electron chi connectivity index (χ3n) is 6.95. The topological polar surface area (TPSA) is 31.2 Å². The number of anilines is 2. The fourth-order valence-corrected chi connectivity index (χ4v) is 5.34. The molecule has 1 atom stereocenters. The third-order valence-corrected chi connectivity index (χ3v) is 6.95.